The van der Waals surface area contributed by atoms with Crippen LogP contribution in [-0.4, -0.2) is 22.2 Å². The topological polar surface area (TPSA) is 56.2 Å². The summed E-state index contributed by atoms with van der Waals surface area (Å²) in [6.07, 6.45) is 2.56. The van der Waals surface area contributed by atoms with Crippen LogP contribution < -0.4 is 10.1 Å². The Morgan fingerprint density at radius 3 is 2.71 bits per heavy atom. The van der Waals surface area contributed by atoms with Gasteiger partial charge in [-0.05, 0) is 43.2 Å². The van der Waals surface area contributed by atoms with Crippen molar-refractivity contribution in [2.45, 2.75) is 26.5 Å². The maximum absolute atomic E-state index is 12.4. The highest BCUT2D eigenvalue weighted by molar-refractivity contribution is 6.32. The normalized spacial score (nSPS) is 10.7. The van der Waals surface area contributed by atoms with Crippen LogP contribution in [-0.2, 0) is 13.2 Å². The molecule has 0 aliphatic rings. The second-order valence-electron chi connectivity index (χ2n) is 6.35. The van der Waals surface area contributed by atoms with Crippen LogP contribution >= 0.6 is 23.2 Å². The van der Waals surface area contributed by atoms with Crippen molar-refractivity contribution in [3.63, 3.8) is 0 Å². The monoisotopic (exact) mass is 417 g/mol. The van der Waals surface area contributed by atoms with Gasteiger partial charge in [-0.3, -0.25) is 9.48 Å². The minimum absolute atomic E-state index is 0.116. The third kappa shape index (κ3) is 5.50. The zero-order valence-electron chi connectivity index (χ0n) is 15.5. The minimum atomic E-state index is -0.116. The van der Waals surface area contributed by atoms with Gasteiger partial charge in [0.15, 0.2) is 0 Å². The molecule has 2 aromatic carbocycles. The maximum Gasteiger partial charge on any atom is 0.251 e. The van der Waals surface area contributed by atoms with Crippen molar-refractivity contribution in [3.8, 4) is 5.75 Å². The number of para-hydroxylation sites is 1. The van der Waals surface area contributed by atoms with Crippen molar-refractivity contribution < 1.29 is 9.53 Å². The lowest BCUT2D eigenvalue weighted by atomic mass is 10.1. The van der Waals surface area contributed by atoms with E-state index >= 15 is 0 Å². The first-order valence-electron chi connectivity index (χ1n) is 8.97. The van der Waals surface area contributed by atoms with E-state index in [1.807, 2.05) is 43.3 Å². The van der Waals surface area contributed by atoms with Crippen LogP contribution in [0.5, 0.6) is 5.75 Å². The quantitative estimate of drug-likeness (QED) is 0.530. The van der Waals surface area contributed by atoms with Crippen LogP contribution in [0.3, 0.4) is 0 Å². The molecule has 1 heterocycles. The maximum atomic E-state index is 12.4. The zero-order chi connectivity index (χ0) is 19.9. The molecule has 1 amide bonds. The Labute approximate surface area is 174 Å². The van der Waals surface area contributed by atoms with Crippen molar-refractivity contribution in [2.75, 3.05) is 6.54 Å². The van der Waals surface area contributed by atoms with E-state index in [2.05, 4.69) is 10.4 Å². The van der Waals surface area contributed by atoms with Crippen molar-refractivity contribution in [1.82, 2.24) is 15.1 Å². The average molecular weight is 418 g/mol. The molecule has 3 aromatic rings. The molecule has 0 atom stereocenters. The van der Waals surface area contributed by atoms with E-state index in [9.17, 15) is 4.79 Å². The van der Waals surface area contributed by atoms with Crippen molar-refractivity contribution in [1.29, 1.82) is 0 Å². The molecule has 5 nitrogen and oxygen atoms in total. The van der Waals surface area contributed by atoms with Gasteiger partial charge < -0.3 is 10.1 Å². The van der Waals surface area contributed by atoms with Crippen LogP contribution in [0.4, 0.5) is 0 Å². The van der Waals surface area contributed by atoms with Crippen LogP contribution in [0, 0.1) is 6.92 Å². The molecule has 28 heavy (non-hydrogen) atoms. The number of carbonyl (C=O) groups excluding carboxylic acids is 1. The van der Waals surface area contributed by atoms with E-state index < -0.39 is 0 Å². The summed E-state index contributed by atoms with van der Waals surface area (Å²) < 4.78 is 7.52. The predicted molar refractivity (Wildman–Crippen MR) is 111 cm³/mol. The SMILES string of the molecule is Cc1nn(CCCNC(=O)c2cccc(COc3ccccc3Cl)c2)cc1Cl. The van der Waals surface area contributed by atoms with E-state index in [1.165, 1.54) is 0 Å². The molecule has 0 radical (unpaired) electrons. The fourth-order valence-corrected chi connectivity index (χ4v) is 3.02. The number of nitrogens with zero attached hydrogens (tertiary/aromatic N) is 2. The lowest BCUT2D eigenvalue weighted by Gasteiger charge is -2.10. The van der Waals surface area contributed by atoms with Gasteiger partial charge in [-0.1, -0.05) is 47.5 Å². The van der Waals surface area contributed by atoms with Gasteiger partial charge in [0.25, 0.3) is 5.91 Å². The number of benzene rings is 2. The van der Waals surface area contributed by atoms with Gasteiger partial charge in [0.05, 0.1) is 15.7 Å². The number of hydrogen-bond acceptors (Lipinski definition) is 3. The van der Waals surface area contributed by atoms with E-state index in [4.69, 9.17) is 27.9 Å². The summed E-state index contributed by atoms with van der Waals surface area (Å²) in [4.78, 5) is 12.4. The Hall–Kier alpha value is -2.50. The first-order chi connectivity index (χ1) is 13.5. The Balaban J connectivity index is 1.48. The molecule has 0 saturated carbocycles. The van der Waals surface area contributed by atoms with Gasteiger partial charge in [0.1, 0.15) is 12.4 Å². The Kier molecular flexibility index (Phi) is 6.95. The van der Waals surface area contributed by atoms with Crippen LogP contribution in [0.2, 0.25) is 10.0 Å². The molecule has 1 N–H and O–H groups in total. The lowest BCUT2D eigenvalue weighted by molar-refractivity contribution is 0.0952. The second-order valence-corrected chi connectivity index (χ2v) is 7.17. The molecule has 0 bridgehead atoms. The van der Waals surface area contributed by atoms with Gasteiger partial charge in [0, 0.05) is 24.8 Å². The van der Waals surface area contributed by atoms with Gasteiger partial charge >= 0.3 is 0 Å². The Morgan fingerprint density at radius 2 is 1.96 bits per heavy atom. The minimum Gasteiger partial charge on any atom is -0.487 e. The van der Waals surface area contributed by atoms with Crippen LogP contribution in [0.15, 0.2) is 54.7 Å². The Morgan fingerprint density at radius 1 is 1.14 bits per heavy atom. The summed E-state index contributed by atoms with van der Waals surface area (Å²) in [6.45, 7) is 3.45. The number of halogens is 2. The van der Waals surface area contributed by atoms with Crippen LogP contribution in [0.1, 0.15) is 28.0 Å². The number of carbonyl (C=O) groups is 1. The largest absolute Gasteiger partial charge is 0.487 e. The molecular weight excluding hydrogens is 397 g/mol. The Bertz CT molecular complexity index is 937. The third-order valence-corrected chi connectivity index (χ3v) is 4.84. The zero-order valence-corrected chi connectivity index (χ0v) is 17.0. The fourth-order valence-electron chi connectivity index (χ4n) is 2.68. The molecule has 0 spiro atoms. The summed E-state index contributed by atoms with van der Waals surface area (Å²) in [5.74, 6) is 0.502. The smallest absolute Gasteiger partial charge is 0.251 e. The fraction of sp³-hybridized carbons (Fsp3) is 0.238. The first kappa shape index (κ1) is 20.2. The van der Waals surface area contributed by atoms with Crippen molar-refractivity contribution in [3.05, 3.63) is 81.6 Å². The van der Waals surface area contributed by atoms with Gasteiger partial charge in [0.2, 0.25) is 0 Å². The average Bonchev–Trinajstić information content (AvgIpc) is 3.02. The molecule has 0 aliphatic heterocycles. The highest BCUT2D eigenvalue weighted by atomic mass is 35.5. The number of amides is 1. The number of hydrogen-bond donors (Lipinski definition) is 1. The van der Waals surface area contributed by atoms with Crippen molar-refractivity contribution >= 4 is 29.1 Å². The molecule has 1 aromatic heterocycles. The van der Waals surface area contributed by atoms with Gasteiger partial charge in [-0.15, -0.1) is 0 Å². The molecule has 7 heteroatoms. The predicted octanol–water partition coefficient (Wildman–Crippen LogP) is 4.90. The molecule has 0 saturated heterocycles. The highest BCUT2D eigenvalue weighted by Gasteiger charge is 2.07. The molecule has 0 unspecified atom stereocenters. The molecule has 146 valence electrons. The molecule has 0 fully saturated rings. The molecular formula is C21H21Cl2N3O2. The van der Waals surface area contributed by atoms with E-state index in [-0.39, 0.29) is 5.91 Å². The van der Waals surface area contributed by atoms with E-state index in [0.717, 1.165) is 17.7 Å². The number of ether oxygens (including phenoxy) is 1. The number of aryl methyl sites for hydroxylation is 2. The van der Waals surface area contributed by atoms with E-state index in [1.54, 1.807) is 23.0 Å². The standard InChI is InChI=1S/C21H21Cl2N3O2/c1-15-19(23)13-26(25-15)11-5-10-24-21(27)17-7-4-6-16(12-17)14-28-20-9-3-2-8-18(20)22/h2-4,6-9,12-13H,5,10-11,14H2,1H3,(H,24,27). The molecule has 0 aliphatic carbocycles. The number of aromatic nitrogens is 2. The number of rotatable bonds is 8. The lowest BCUT2D eigenvalue weighted by Crippen LogP contribution is -2.25. The van der Waals surface area contributed by atoms with Gasteiger partial charge in [-0.25, -0.2) is 0 Å². The molecule has 3 rings (SSSR count). The summed E-state index contributed by atoms with van der Waals surface area (Å²) in [5, 5.41) is 8.44. The van der Waals surface area contributed by atoms with E-state index in [0.29, 0.717) is 41.1 Å². The summed E-state index contributed by atoms with van der Waals surface area (Å²) in [6, 6.07) is 14.7. The summed E-state index contributed by atoms with van der Waals surface area (Å²) in [5.41, 5.74) is 2.30. The third-order valence-electron chi connectivity index (χ3n) is 4.16. The summed E-state index contributed by atoms with van der Waals surface area (Å²) >= 11 is 12.1. The summed E-state index contributed by atoms with van der Waals surface area (Å²) in [7, 11) is 0. The van der Waals surface area contributed by atoms with Crippen LogP contribution in [0.25, 0.3) is 0 Å². The highest BCUT2D eigenvalue weighted by Crippen LogP contribution is 2.24. The van der Waals surface area contributed by atoms with Gasteiger partial charge in [-0.2, -0.15) is 5.10 Å². The number of nitrogens with one attached hydrogen (secondary N) is 1. The van der Waals surface area contributed by atoms with Crippen molar-refractivity contribution in [2.24, 2.45) is 0 Å². The first-order valence-corrected chi connectivity index (χ1v) is 9.72. The second kappa shape index (κ2) is 9.62.